The number of nitrogens with zero attached hydrogens (tertiary/aromatic N) is 2. The van der Waals surface area contributed by atoms with E-state index in [1.54, 1.807) is 19.3 Å². The van der Waals surface area contributed by atoms with Gasteiger partial charge >= 0.3 is 0 Å². The van der Waals surface area contributed by atoms with Crippen LogP contribution in [0.1, 0.15) is 12.8 Å². The Kier molecular flexibility index (Phi) is 3.46. The summed E-state index contributed by atoms with van der Waals surface area (Å²) in [6.07, 6.45) is 4.01. The fourth-order valence-electron chi connectivity index (χ4n) is 1.99. The van der Waals surface area contributed by atoms with Crippen LogP contribution in [0.5, 0.6) is 0 Å². The van der Waals surface area contributed by atoms with E-state index in [2.05, 4.69) is 4.98 Å². The summed E-state index contributed by atoms with van der Waals surface area (Å²) in [5.74, 6) is 0.265. The highest BCUT2D eigenvalue weighted by molar-refractivity contribution is 7.89. The van der Waals surface area contributed by atoms with Crippen LogP contribution in [0.25, 0.3) is 0 Å². The second-order valence-electron chi connectivity index (χ2n) is 4.47. The summed E-state index contributed by atoms with van der Waals surface area (Å²) in [4.78, 5) is 4.02. The molecule has 1 heterocycles. The first kappa shape index (κ1) is 12.5. The monoisotopic (exact) mass is 256 g/mol. The first-order chi connectivity index (χ1) is 8.00. The number of hydrogen-bond donors (Lipinski definition) is 1. The molecule has 0 aromatic carbocycles. The maximum Gasteiger partial charge on any atom is 0.244 e. The van der Waals surface area contributed by atoms with Gasteiger partial charge in [0.1, 0.15) is 4.90 Å². The summed E-state index contributed by atoms with van der Waals surface area (Å²) in [5, 5.41) is 9.17. The van der Waals surface area contributed by atoms with Crippen molar-refractivity contribution in [2.45, 2.75) is 23.8 Å². The number of pyridine rings is 1. The predicted molar refractivity (Wildman–Crippen MR) is 62.8 cm³/mol. The Morgan fingerprint density at radius 1 is 1.53 bits per heavy atom. The Bertz CT molecular complexity index is 469. The van der Waals surface area contributed by atoms with Gasteiger partial charge in [-0.3, -0.25) is 4.98 Å². The Labute approximate surface area is 101 Å². The molecule has 0 amide bonds. The lowest BCUT2D eigenvalue weighted by atomic mass is 9.82. The molecule has 17 heavy (non-hydrogen) atoms. The minimum Gasteiger partial charge on any atom is -0.393 e. The topological polar surface area (TPSA) is 70.5 Å². The molecule has 1 aromatic heterocycles. The van der Waals surface area contributed by atoms with Crippen molar-refractivity contribution in [1.29, 1.82) is 0 Å². The van der Waals surface area contributed by atoms with E-state index in [0.717, 1.165) is 0 Å². The largest absolute Gasteiger partial charge is 0.393 e. The summed E-state index contributed by atoms with van der Waals surface area (Å²) < 4.78 is 25.6. The molecule has 0 unspecified atom stereocenters. The van der Waals surface area contributed by atoms with Crippen LogP contribution in [-0.2, 0) is 10.0 Å². The molecular formula is C11H16N2O3S. The van der Waals surface area contributed by atoms with Gasteiger partial charge in [0, 0.05) is 26.0 Å². The summed E-state index contributed by atoms with van der Waals surface area (Å²) in [5.41, 5.74) is 0. The van der Waals surface area contributed by atoms with E-state index in [0.29, 0.717) is 19.4 Å². The smallest absolute Gasteiger partial charge is 0.244 e. The summed E-state index contributed by atoms with van der Waals surface area (Å²) in [6, 6.07) is 3.14. The Morgan fingerprint density at radius 2 is 2.24 bits per heavy atom. The molecular weight excluding hydrogens is 240 g/mol. The van der Waals surface area contributed by atoms with Gasteiger partial charge in [-0.2, -0.15) is 0 Å². The zero-order chi connectivity index (χ0) is 12.5. The van der Waals surface area contributed by atoms with Gasteiger partial charge in [0.2, 0.25) is 10.0 Å². The van der Waals surface area contributed by atoms with Gasteiger partial charge in [-0.25, -0.2) is 12.7 Å². The third-order valence-electron chi connectivity index (χ3n) is 3.07. The van der Waals surface area contributed by atoms with Crippen molar-refractivity contribution >= 4 is 10.0 Å². The van der Waals surface area contributed by atoms with Gasteiger partial charge in [-0.1, -0.05) is 0 Å². The van der Waals surface area contributed by atoms with E-state index in [1.165, 1.54) is 16.6 Å². The van der Waals surface area contributed by atoms with Crippen molar-refractivity contribution < 1.29 is 13.5 Å². The molecule has 1 N–H and O–H groups in total. The zero-order valence-electron chi connectivity index (χ0n) is 9.65. The average molecular weight is 256 g/mol. The standard InChI is InChI=1S/C11H16N2O3S/c1-13(8-9-5-10(14)6-9)17(15,16)11-3-2-4-12-7-11/h2-4,7,9-10,14H,5-6,8H2,1H3. The molecule has 0 bridgehead atoms. The van der Waals surface area contributed by atoms with Crippen molar-refractivity contribution in [3.05, 3.63) is 24.5 Å². The molecule has 0 aliphatic heterocycles. The summed E-state index contributed by atoms with van der Waals surface area (Å²) in [7, 11) is -1.88. The van der Waals surface area contributed by atoms with E-state index < -0.39 is 10.0 Å². The SMILES string of the molecule is CN(CC1CC(O)C1)S(=O)(=O)c1cccnc1. The van der Waals surface area contributed by atoms with E-state index in [1.807, 2.05) is 0 Å². The molecule has 1 aliphatic rings. The molecule has 94 valence electrons. The molecule has 0 saturated heterocycles. The van der Waals surface area contributed by atoms with Crippen LogP contribution >= 0.6 is 0 Å². The first-order valence-electron chi connectivity index (χ1n) is 5.54. The quantitative estimate of drug-likeness (QED) is 0.850. The van der Waals surface area contributed by atoms with Crippen LogP contribution in [0.2, 0.25) is 0 Å². The third-order valence-corrected chi connectivity index (χ3v) is 4.88. The molecule has 1 aliphatic carbocycles. The normalized spacial score (nSPS) is 24.6. The van der Waals surface area contributed by atoms with Crippen molar-refractivity contribution in [2.24, 2.45) is 5.92 Å². The molecule has 0 atom stereocenters. The van der Waals surface area contributed by atoms with Crippen molar-refractivity contribution in [2.75, 3.05) is 13.6 Å². The Hall–Kier alpha value is -0.980. The van der Waals surface area contributed by atoms with Crippen molar-refractivity contribution in [3.8, 4) is 0 Å². The minimum atomic E-state index is -3.44. The lowest BCUT2D eigenvalue weighted by Crippen LogP contribution is -2.39. The molecule has 0 spiro atoms. The molecule has 6 heteroatoms. The average Bonchev–Trinajstić information content (AvgIpc) is 2.28. The number of aliphatic hydroxyl groups excluding tert-OH is 1. The van der Waals surface area contributed by atoms with Crippen LogP contribution in [0.15, 0.2) is 29.4 Å². The van der Waals surface area contributed by atoms with Crippen LogP contribution in [0.3, 0.4) is 0 Å². The molecule has 2 rings (SSSR count). The highest BCUT2D eigenvalue weighted by Crippen LogP contribution is 2.28. The second-order valence-corrected chi connectivity index (χ2v) is 6.51. The second kappa shape index (κ2) is 4.72. The Morgan fingerprint density at radius 3 is 2.76 bits per heavy atom. The maximum atomic E-state index is 12.1. The maximum absolute atomic E-state index is 12.1. The van der Waals surface area contributed by atoms with Crippen molar-refractivity contribution in [3.63, 3.8) is 0 Å². The molecule has 5 nitrogen and oxygen atoms in total. The van der Waals surface area contributed by atoms with Gasteiger partial charge < -0.3 is 5.11 Å². The lowest BCUT2D eigenvalue weighted by Gasteiger charge is -2.33. The Balaban J connectivity index is 2.05. The number of aliphatic hydroxyl groups is 1. The number of aromatic nitrogens is 1. The van der Waals surface area contributed by atoms with Gasteiger partial charge in [-0.05, 0) is 30.9 Å². The number of sulfonamides is 1. The minimum absolute atomic E-state index is 0.211. The fourth-order valence-corrected chi connectivity index (χ4v) is 3.20. The van der Waals surface area contributed by atoms with Gasteiger partial charge in [0.25, 0.3) is 0 Å². The lowest BCUT2D eigenvalue weighted by molar-refractivity contribution is 0.0367. The zero-order valence-corrected chi connectivity index (χ0v) is 10.5. The highest BCUT2D eigenvalue weighted by Gasteiger charge is 2.31. The van der Waals surface area contributed by atoms with E-state index in [-0.39, 0.29) is 16.9 Å². The summed E-state index contributed by atoms with van der Waals surface area (Å²) in [6.45, 7) is 0.453. The third kappa shape index (κ3) is 2.65. The number of rotatable bonds is 4. The molecule has 1 fully saturated rings. The van der Waals surface area contributed by atoms with Crippen LogP contribution < -0.4 is 0 Å². The van der Waals surface area contributed by atoms with E-state index in [4.69, 9.17) is 0 Å². The first-order valence-corrected chi connectivity index (χ1v) is 6.98. The molecule has 0 radical (unpaired) electrons. The molecule has 1 aromatic rings. The van der Waals surface area contributed by atoms with Gasteiger partial charge in [0.15, 0.2) is 0 Å². The number of hydrogen-bond acceptors (Lipinski definition) is 4. The predicted octanol–water partition coefficient (Wildman–Crippen LogP) is 0.473. The highest BCUT2D eigenvalue weighted by atomic mass is 32.2. The van der Waals surface area contributed by atoms with E-state index in [9.17, 15) is 13.5 Å². The van der Waals surface area contributed by atoms with Crippen molar-refractivity contribution in [1.82, 2.24) is 9.29 Å². The van der Waals surface area contributed by atoms with Crippen LogP contribution in [0.4, 0.5) is 0 Å². The van der Waals surface area contributed by atoms with Crippen LogP contribution in [0, 0.1) is 5.92 Å². The van der Waals surface area contributed by atoms with Gasteiger partial charge in [-0.15, -0.1) is 0 Å². The van der Waals surface area contributed by atoms with E-state index >= 15 is 0 Å². The summed E-state index contributed by atoms with van der Waals surface area (Å²) >= 11 is 0. The van der Waals surface area contributed by atoms with Gasteiger partial charge in [0.05, 0.1) is 6.10 Å². The fraction of sp³-hybridized carbons (Fsp3) is 0.545. The van der Waals surface area contributed by atoms with Crippen LogP contribution in [-0.4, -0.2) is 42.5 Å². The molecule has 1 saturated carbocycles.